The van der Waals surface area contributed by atoms with Crippen molar-refractivity contribution in [2.24, 2.45) is 0 Å². The summed E-state index contributed by atoms with van der Waals surface area (Å²) in [6, 6.07) is 11.0. The maximum atomic E-state index is 14.3. The summed E-state index contributed by atoms with van der Waals surface area (Å²) in [4.78, 5) is 38.0. The Balaban J connectivity index is 1.73. The van der Waals surface area contributed by atoms with Crippen molar-refractivity contribution in [2.45, 2.75) is 26.1 Å². The van der Waals surface area contributed by atoms with Gasteiger partial charge >= 0.3 is 12.1 Å². The van der Waals surface area contributed by atoms with Crippen molar-refractivity contribution >= 4 is 29.5 Å². The predicted octanol–water partition coefficient (Wildman–Crippen LogP) is 3.04. The average molecular weight is 576 g/mol. The zero-order valence-electron chi connectivity index (χ0n) is 21.5. The Kier molecular flexibility index (Phi) is 11.2. The van der Waals surface area contributed by atoms with Crippen molar-refractivity contribution < 1.29 is 38.1 Å². The van der Waals surface area contributed by atoms with Gasteiger partial charge in [0.2, 0.25) is 18.4 Å². The van der Waals surface area contributed by atoms with Crippen LogP contribution in [0.15, 0.2) is 55.1 Å². The van der Waals surface area contributed by atoms with Crippen LogP contribution in [-0.2, 0) is 32.1 Å². The van der Waals surface area contributed by atoms with Gasteiger partial charge in [0.05, 0.1) is 19.7 Å². The summed E-state index contributed by atoms with van der Waals surface area (Å²) in [6.45, 7) is 4.21. The largest absolute Gasteiger partial charge is 0.511 e. The molecule has 0 fully saturated rings. The number of allylic oxidation sites excluding steroid dienone is 1. The van der Waals surface area contributed by atoms with E-state index in [1.165, 1.54) is 33.9 Å². The van der Waals surface area contributed by atoms with Gasteiger partial charge in [-0.25, -0.2) is 18.7 Å². The third kappa shape index (κ3) is 8.66. The number of aromatic nitrogens is 4. The molecule has 0 saturated carbocycles. The van der Waals surface area contributed by atoms with Crippen LogP contribution in [0.1, 0.15) is 23.1 Å². The van der Waals surface area contributed by atoms with E-state index in [1.807, 2.05) is 0 Å². The lowest BCUT2D eigenvalue weighted by Crippen LogP contribution is -2.40. The van der Waals surface area contributed by atoms with Crippen molar-refractivity contribution in [3.05, 3.63) is 77.3 Å². The number of benzene rings is 2. The highest BCUT2D eigenvalue weighted by Gasteiger charge is 2.25. The monoisotopic (exact) mass is 575 g/mol. The summed E-state index contributed by atoms with van der Waals surface area (Å²) in [5.74, 6) is -2.02. The van der Waals surface area contributed by atoms with Gasteiger partial charge in [-0.2, -0.15) is 0 Å². The molecule has 2 aromatic carbocycles. The molecule has 0 amide bonds. The summed E-state index contributed by atoms with van der Waals surface area (Å²) in [5.41, 5.74) is 1.60. The smallest absolute Gasteiger partial charge is 0.435 e. The van der Waals surface area contributed by atoms with Crippen molar-refractivity contribution in [2.75, 3.05) is 26.5 Å². The van der Waals surface area contributed by atoms with Crippen LogP contribution >= 0.6 is 11.6 Å². The third-order valence-electron chi connectivity index (χ3n) is 5.39. The molecule has 40 heavy (non-hydrogen) atoms. The van der Waals surface area contributed by atoms with Crippen LogP contribution in [0.2, 0.25) is 5.02 Å². The van der Waals surface area contributed by atoms with Crippen molar-refractivity contribution in [1.82, 2.24) is 25.1 Å². The highest BCUT2D eigenvalue weighted by atomic mass is 35.5. The van der Waals surface area contributed by atoms with E-state index < -0.39 is 36.6 Å². The maximum absolute atomic E-state index is 14.3. The number of carbonyl (C=O) groups excluding carboxylic acids is 3. The van der Waals surface area contributed by atoms with Gasteiger partial charge < -0.3 is 19.3 Å². The Morgan fingerprint density at radius 2 is 1.93 bits per heavy atom. The van der Waals surface area contributed by atoms with E-state index in [4.69, 9.17) is 16.3 Å². The van der Waals surface area contributed by atoms with Crippen LogP contribution in [0.25, 0.3) is 11.1 Å². The molecule has 3 rings (SSSR count). The van der Waals surface area contributed by atoms with Crippen LogP contribution in [0, 0.1) is 5.82 Å². The van der Waals surface area contributed by atoms with Crippen LogP contribution in [0.5, 0.6) is 0 Å². The molecule has 1 N–H and O–H groups in total. The molecule has 1 aromatic heterocycles. The first kappa shape index (κ1) is 30.3. The molecule has 0 spiro atoms. The van der Waals surface area contributed by atoms with Crippen LogP contribution in [0.3, 0.4) is 0 Å². The minimum Gasteiger partial charge on any atom is -0.435 e. The van der Waals surface area contributed by atoms with Gasteiger partial charge in [-0.15, -0.1) is 11.7 Å². The Hall–Kier alpha value is -4.20. The van der Waals surface area contributed by atoms with Crippen LogP contribution < -0.4 is 0 Å². The molecule has 0 saturated heterocycles. The first-order valence-corrected chi connectivity index (χ1v) is 12.4. The first-order valence-electron chi connectivity index (χ1n) is 12.0. The molecule has 1 atom stereocenters. The molecule has 0 unspecified atom stereocenters. The van der Waals surface area contributed by atoms with Crippen LogP contribution in [-0.4, -0.2) is 80.7 Å². The Bertz CT molecular complexity index is 1340. The van der Waals surface area contributed by atoms with E-state index in [-0.39, 0.29) is 38.6 Å². The highest BCUT2D eigenvalue weighted by Crippen LogP contribution is 2.26. The number of carbonyl (C=O) groups is 3. The van der Waals surface area contributed by atoms with E-state index in [1.54, 1.807) is 31.2 Å². The lowest BCUT2D eigenvalue weighted by molar-refractivity contribution is -0.164. The molecule has 0 aliphatic heterocycles. The number of nitrogens with zero attached hydrogens (tertiary/aromatic N) is 5. The number of hydrogen-bond acceptors (Lipinski definition) is 11. The Morgan fingerprint density at radius 3 is 2.62 bits per heavy atom. The zero-order valence-corrected chi connectivity index (χ0v) is 22.3. The highest BCUT2D eigenvalue weighted by molar-refractivity contribution is 6.30. The summed E-state index contributed by atoms with van der Waals surface area (Å²) in [7, 11) is 0. The van der Waals surface area contributed by atoms with Crippen molar-refractivity contribution in [3.63, 3.8) is 0 Å². The fourth-order valence-electron chi connectivity index (χ4n) is 3.59. The fraction of sp³-hybridized carbons (Fsp3) is 0.308. The van der Waals surface area contributed by atoms with E-state index in [9.17, 15) is 23.9 Å². The number of ketones is 1. The van der Waals surface area contributed by atoms with E-state index in [0.717, 1.165) is 0 Å². The summed E-state index contributed by atoms with van der Waals surface area (Å²) >= 11 is 6.01. The number of esters is 1. The molecule has 0 bridgehead atoms. The molecule has 3 aromatic rings. The molecule has 0 aliphatic rings. The lowest BCUT2D eigenvalue weighted by atomic mass is 10.0. The molecular formula is C26H27ClFN5O7. The number of aliphatic hydroxyl groups is 1. The van der Waals surface area contributed by atoms with Gasteiger partial charge in [-0.3, -0.25) is 9.69 Å². The number of Topliss-reactive ketones (excluding diaryl/α,β-unsaturated/α-hetero) is 1. The van der Waals surface area contributed by atoms with Gasteiger partial charge in [-0.1, -0.05) is 41.9 Å². The normalized spacial score (nSPS) is 11.6. The van der Waals surface area contributed by atoms with E-state index in [0.29, 0.717) is 21.7 Å². The number of tetrazole rings is 1. The fourth-order valence-corrected chi connectivity index (χ4v) is 3.76. The van der Waals surface area contributed by atoms with Crippen molar-refractivity contribution in [3.8, 4) is 11.1 Å². The predicted molar refractivity (Wildman–Crippen MR) is 140 cm³/mol. The van der Waals surface area contributed by atoms with Crippen LogP contribution in [0.4, 0.5) is 9.18 Å². The average Bonchev–Trinajstić information content (AvgIpc) is 3.39. The number of ether oxygens (including phenoxy) is 3. The number of halogens is 2. The molecule has 212 valence electrons. The van der Waals surface area contributed by atoms with E-state index in [2.05, 4.69) is 31.6 Å². The third-order valence-corrected chi connectivity index (χ3v) is 5.63. The Morgan fingerprint density at radius 1 is 1.18 bits per heavy atom. The van der Waals surface area contributed by atoms with Crippen molar-refractivity contribution in [1.29, 1.82) is 0 Å². The number of hydrogen-bond donors (Lipinski definition) is 1. The topological polar surface area (TPSA) is 146 Å². The zero-order chi connectivity index (χ0) is 29.1. The molecule has 0 radical (unpaired) electrons. The summed E-state index contributed by atoms with van der Waals surface area (Å²) in [5, 5.41) is 21.9. The number of aliphatic hydroxyl groups excluding tert-OH is 1. The van der Waals surface area contributed by atoms with Gasteiger partial charge in [-0.05, 0) is 46.7 Å². The maximum Gasteiger partial charge on any atom is 0.511 e. The van der Waals surface area contributed by atoms with E-state index >= 15 is 0 Å². The lowest BCUT2D eigenvalue weighted by Gasteiger charge is -2.23. The second kappa shape index (κ2) is 14.8. The Labute approximate surface area is 233 Å². The number of rotatable bonds is 14. The van der Waals surface area contributed by atoms with Gasteiger partial charge in [0.1, 0.15) is 5.82 Å². The standard InChI is InChI=1S/C26H27ClFN5O7/c1-3-11-33-24(29-30-31-33)22(34)14-32(15-23(35)25(36)39-16-40-26(37)38-4-2)13-17-5-7-18(8-6-17)20-12-19(27)9-10-21(20)28/h3,5-10,12,23,35H,1,4,11,13-16H2,2H3/t23-/m1/s1. The summed E-state index contributed by atoms with van der Waals surface area (Å²) in [6.07, 6.45) is -1.20. The molecule has 14 heteroatoms. The SMILES string of the molecule is C=CCn1nnnc1C(=O)CN(Cc1ccc(-c2cc(Cl)ccc2F)cc1)C[C@@H](O)C(=O)OCOC(=O)OCC. The van der Waals surface area contributed by atoms with Gasteiger partial charge in [0, 0.05) is 23.7 Å². The molecular weight excluding hydrogens is 549 g/mol. The molecule has 0 aliphatic carbocycles. The quantitative estimate of drug-likeness (QED) is 0.131. The first-order chi connectivity index (χ1) is 19.2. The second-order valence-electron chi connectivity index (χ2n) is 8.31. The molecule has 1 heterocycles. The van der Waals surface area contributed by atoms with Gasteiger partial charge in [0.25, 0.3) is 0 Å². The second-order valence-corrected chi connectivity index (χ2v) is 8.75. The minimum atomic E-state index is -1.69. The van der Waals surface area contributed by atoms with Gasteiger partial charge in [0.15, 0.2) is 6.10 Å². The molecule has 12 nitrogen and oxygen atoms in total. The minimum absolute atomic E-state index is 0.0309. The summed E-state index contributed by atoms with van der Waals surface area (Å²) < 4.78 is 29.4.